The van der Waals surface area contributed by atoms with E-state index in [1.165, 1.54) is 36.4 Å². The van der Waals surface area contributed by atoms with Gasteiger partial charge in [-0.1, -0.05) is 24.3 Å². The van der Waals surface area contributed by atoms with Crippen molar-refractivity contribution in [1.82, 2.24) is 4.90 Å². The molecule has 1 aromatic heterocycles. The number of aryl methyl sites for hydroxylation is 2. The minimum atomic E-state index is -4.59. The minimum Gasteiger partial charge on any atom is -0.464 e. The van der Waals surface area contributed by atoms with Gasteiger partial charge in [0.2, 0.25) is 11.8 Å². The number of halogens is 3. The van der Waals surface area contributed by atoms with E-state index in [0.717, 1.165) is 22.6 Å². The molecule has 0 unspecified atom stereocenters. The fourth-order valence-corrected chi connectivity index (χ4v) is 3.16. The van der Waals surface area contributed by atoms with Crippen LogP contribution in [0.1, 0.15) is 22.3 Å². The highest BCUT2D eigenvalue weighted by atomic mass is 19.4. The van der Waals surface area contributed by atoms with Crippen molar-refractivity contribution in [2.45, 2.75) is 26.4 Å². The Morgan fingerprint density at radius 1 is 1.10 bits per heavy atom. The molecule has 0 spiro atoms. The Hall–Kier alpha value is -3.29. The van der Waals surface area contributed by atoms with Crippen LogP contribution in [0.2, 0.25) is 0 Å². The second-order valence-corrected chi connectivity index (χ2v) is 7.16. The molecule has 3 aromatic rings. The second kappa shape index (κ2) is 8.22. The van der Waals surface area contributed by atoms with Crippen molar-refractivity contribution >= 4 is 28.5 Å². The summed E-state index contributed by atoms with van der Waals surface area (Å²) in [5.74, 6) is -1.07. The fraction of sp³-hybridized carbons (Fsp3) is 0.273. The second-order valence-electron chi connectivity index (χ2n) is 7.16. The molecule has 0 fully saturated rings. The molecule has 2 aromatic carbocycles. The molecule has 30 heavy (non-hydrogen) atoms. The first kappa shape index (κ1) is 21.4. The van der Waals surface area contributed by atoms with Crippen LogP contribution < -0.4 is 5.32 Å². The lowest BCUT2D eigenvalue weighted by Crippen LogP contribution is -2.36. The number of amides is 2. The third kappa shape index (κ3) is 4.48. The van der Waals surface area contributed by atoms with Gasteiger partial charge < -0.3 is 14.6 Å². The van der Waals surface area contributed by atoms with Crippen LogP contribution in [0.15, 0.2) is 47.1 Å². The van der Waals surface area contributed by atoms with Crippen molar-refractivity contribution in [2.24, 2.45) is 0 Å². The molecule has 3 rings (SSSR count). The zero-order valence-electron chi connectivity index (χ0n) is 16.8. The largest absolute Gasteiger partial charge is 0.464 e. The maximum absolute atomic E-state index is 13.1. The molecule has 0 aliphatic carbocycles. The van der Waals surface area contributed by atoms with Crippen molar-refractivity contribution in [2.75, 3.05) is 18.9 Å². The van der Waals surface area contributed by atoms with Crippen molar-refractivity contribution in [1.29, 1.82) is 0 Å². The molecule has 0 aliphatic heterocycles. The lowest BCUT2D eigenvalue weighted by Gasteiger charge is -2.18. The van der Waals surface area contributed by atoms with Crippen molar-refractivity contribution in [3.05, 3.63) is 64.9 Å². The molecule has 0 atom stereocenters. The first-order valence-electron chi connectivity index (χ1n) is 9.24. The molecule has 2 amide bonds. The van der Waals surface area contributed by atoms with E-state index < -0.39 is 17.6 Å². The Bertz CT molecular complexity index is 1100. The Balaban J connectivity index is 1.67. The topological polar surface area (TPSA) is 62.6 Å². The highest BCUT2D eigenvalue weighted by molar-refractivity contribution is 5.96. The number of carbonyl (C=O) groups is 2. The van der Waals surface area contributed by atoms with E-state index >= 15 is 0 Å². The Morgan fingerprint density at radius 3 is 2.50 bits per heavy atom. The van der Waals surface area contributed by atoms with Crippen LogP contribution in [0.25, 0.3) is 11.0 Å². The molecule has 0 radical (unpaired) electrons. The minimum absolute atomic E-state index is 0.0123. The highest BCUT2D eigenvalue weighted by Crippen LogP contribution is 2.34. The van der Waals surface area contributed by atoms with Crippen LogP contribution in [0.4, 0.5) is 18.9 Å². The number of carbonyl (C=O) groups excluding carboxylic acids is 2. The van der Waals surface area contributed by atoms with Gasteiger partial charge >= 0.3 is 6.18 Å². The molecule has 8 heteroatoms. The number of hydrogen-bond donors (Lipinski definition) is 1. The molecule has 5 nitrogen and oxygen atoms in total. The lowest BCUT2D eigenvalue weighted by molar-refractivity contribution is -0.137. The number of fused-ring (bicyclic) bond motifs is 1. The van der Waals surface area contributed by atoms with Crippen LogP contribution in [0.3, 0.4) is 0 Å². The van der Waals surface area contributed by atoms with Gasteiger partial charge in [-0.2, -0.15) is 13.2 Å². The average Bonchev–Trinajstić information content (AvgIpc) is 3.07. The standard InChI is InChI=1S/C22H21F3N2O3/c1-13-8-9-16-15(12-30-21(16)14(13)2)10-20(29)27(3)11-19(28)26-18-7-5-4-6-17(18)22(23,24)25/h4-9,12H,10-11H2,1-3H3,(H,26,28). The van der Waals surface area contributed by atoms with Gasteiger partial charge in [0, 0.05) is 18.0 Å². The van der Waals surface area contributed by atoms with Gasteiger partial charge in [-0.05, 0) is 37.1 Å². The third-order valence-corrected chi connectivity index (χ3v) is 5.00. The SMILES string of the molecule is Cc1ccc2c(CC(=O)N(C)CC(=O)Nc3ccccc3C(F)(F)F)coc2c1C. The van der Waals surface area contributed by atoms with Crippen molar-refractivity contribution in [3.8, 4) is 0 Å². The predicted octanol–water partition coefficient (Wildman–Crippen LogP) is 4.71. The van der Waals surface area contributed by atoms with Gasteiger partial charge in [-0.3, -0.25) is 9.59 Å². The number of rotatable bonds is 5. The molecular weight excluding hydrogens is 397 g/mol. The first-order chi connectivity index (χ1) is 14.1. The number of nitrogens with one attached hydrogen (secondary N) is 1. The van der Waals surface area contributed by atoms with Crippen LogP contribution in [-0.4, -0.2) is 30.3 Å². The van der Waals surface area contributed by atoms with Gasteiger partial charge in [0.05, 0.1) is 30.5 Å². The predicted molar refractivity (Wildman–Crippen MR) is 107 cm³/mol. The number of hydrogen-bond acceptors (Lipinski definition) is 3. The van der Waals surface area contributed by atoms with E-state index in [-0.39, 0.29) is 24.6 Å². The lowest BCUT2D eigenvalue weighted by atomic mass is 10.0. The third-order valence-electron chi connectivity index (χ3n) is 5.00. The Kier molecular flexibility index (Phi) is 5.87. The number of furan rings is 1. The van der Waals surface area contributed by atoms with E-state index in [2.05, 4.69) is 5.32 Å². The van der Waals surface area contributed by atoms with Crippen molar-refractivity contribution in [3.63, 3.8) is 0 Å². The Labute approximate surface area is 171 Å². The number of para-hydroxylation sites is 1. The zero-order valence-corrected chi connectivity index (χ0v) is 16.8. The highest BCUT2D eigenvalue weighted by Gasteiger charge is 2.33. The molecule has 1 heterocycles. The number of nitrogens with zero attached hydrogens (tertiary/aromatic N) is 1. The molecular formula is C22H21F3N2O3. The van der Waals surface area contributed by atoms with Crippen LogP contribution >= 0.6 is 0 Å². The number of alkyl halides is 3. The molecule has 0 saturated carbocycles. The molecule has 1 N–H and O–H groups in total. The van der Waals surface area contributed by atoms with Gasteiger partial charge in [0.25, 0.3) is 0 Å². The maximum Gasteiger partial charge on any atom is 0.418 e. The van der Waals surface area contributed by atoms with E-state index in [1.54, 1.807) is 0 Å². The summed E-state index contributed by atoms with van der Waals surface area (Å²) in [5.41, 5.74) is 2.17. The summed E-state index contributed by atoms with van der Waals surface area (Å²) in [6.07, 6.45) is -3.06. The fourth-order valence-electron chi connectivity index (χ4n) is 3.16. The number of benzene rings is 2. The number of anilines is 1. The van der Waals surface area contributed by atoms with Gasteiger partial charge in [-0.25, -0.2) is 0 Å². The van der Waals surface area contributed by atoms with Crippen LogP contribution in [0.5, 0.6) is 0 Å². The maximum atomic E-state index is 13.1. The van der Waals surface area contributed by atoms with Crippen LogP contribution in [-0.2, 0) is 22.2 Å². The average molecular weight is 418 g/mol. The number of likely N-dealkylation sites (N-methyl/N-ethyl adjacent to an activating group) is 1. The van der Waals surface area contributed by atoms with E-state index in [1.807, 2.05) is 26.0 Å². The monoisotopic (exact) mass is 418 g/mol. The summed E-state index contributed by atoms with van der Waals surface area (Å²) in [6.45, 7) is 3.52. The molecule has 0 aliphatic rings. The first-order valence-corrected chi connectivity index (χ1v) is 9.24. The summed E-state index contributed by atoms with van der Waals surface area (Å²) < 4.78 is 44.8. The van der Waals surface area contributed by atoms with Crippen molar-refractivity contribution < 1.29 is 27.2 Å². The van der Waals surface area contributed by atoms with E-state index in [9.17, 15) is 22.8 Å². The van der Waals surface area contributed by atoms with Gasteiger partial charge in [-0.15, -0.1) is 0 Å². The molecule has 0 saturated heterocycles. The summed E-state index contributed by atoms with van der Waals surface area (Å²) in [7, 11) is 1.43. The summed E-state index contributed by atoms with van der Waals surface area (Å²) in [5, 5.41) is 3.06. The normalized spacial score (nSPS) is 11.5. The van der Waals surface area contributed by atoms with E-state index in [4.69, 9.17) is 4.42 Å². The molecule has 0 bridgehead atoms. The quantitative estimate of drug-likeness (QED) is 0.653. The summed E-state index contributed by atoms with van der Waals surface area (Å²) in [6, 6.07) is 8.52. The summed E-state index contributed by atoms with van der Waals surface area (Å²) >= 11 is 0. The zero-order chi connectivity index (χ0) is 22.1. The molecule has 158 valence electrons. The summed E-state index contributed by atoms with van der Waals surface area (Å²) in [4.78, 5) is 25.9. The van der Waals surface area contributed by atoms with E-state index in [0.29, 0.717) is 11.1 Å². The smallest absolute Gasteiger partial charge is 0.418 e. The Morgan fingerprint density at radius 2 is 1.80 bits per heavy atom. The van der Waals surface area contributed by atoms with Gasteiger partial charge in [0.1, 0.15) is 5.58 Å². The van der Waals surface area contributed by atoms with Crippen LogP contribution in [0, 0.1) is 13.8 Å². The van der Waals surface area contributed by atoms with Gasteiger partial charge in [0.15, 0.2) is 0 Å².